The first-order valence-corrected chi connectivity index (χ1v) is 5.14. The van der Waals surface area contributed by atoms with Crippen molar-refractivity contribution in [2.45, 2.75) is 33.1 Å². The van der Waals surface area contributed by atoms with Crippen LogP contribution >= 0.6 is 0 Å². The quantitative estimate of drug-likeness (QED) is 0.601. The van der Waals surface area contributed by atoms with Gasteiger partial charge >= 0.3 is 0 Å². The fourth-order valence-electron chi connectivity index (χ4n) is 1.20. The van der Waals surface area contributed by atoms with Crippen LogP contribution in [-0.2, 0) is 0 Å². The molecule has 14 heavy (non-hydrogen) atoms. The lowest BCUT2D eigenvalue weighted by atomic mass is 10.1. The van der Waals surface area contributed by atoms with E-state index in [0.29, 0.717) is 0 Å². The minimum absolute atomic E-state index is 0.893. The van der Waals surface area contributed by atoms with Gasteiger partial charge < -0.3 is 5.32 Å². The second-order valence-electron chi connectivity index (χ2n) is 3.20. The van der Waals surface area contributed by atoms with Crippen molar-refractivity contribution in [1.82, 2.24) is 5.32 Å². The first-order chi connectivity index (χ1) is 6.74. The summed E-state index contributed by atoms with van der Waals surface area (Å²) in [5.74, 6) is 0. The van der Waals surface area contributed by atoms with Crippen LogP contribution in [-0.4, -0.2) is 0 Å². The average Bonchev–Trinajstić information content (AvgIpc) is 2.15. The zero-order valence-corrected chi connectivity index (χ0v) is 9.34. The molecule has 0 rings (SSSR count). The second-order valence-corrected chi connectivity index (χ2v) is 3.20. The third-order valence-corrected chi connectivity index (χ3v) is 1.85. The Morgan fingerprint density at radius 2 is 2.14 bits per heavy atom. The first kappa shape index (κ1) is 12.8. The molecule has 0 atom stereocenters. The van der Waals surface area contributed by atoms with Gasteiger partial charge in [0.25, 0.3) is 0 Å². The Morgan fingerprint density at radius 1 is 1.43 bits per heavy atom. The van der Waals surface area contributed by atoms with Gasteiger partial charge in [-0.2, -0.15) is 0 Å². The average molecular weight is 191 g/mol. The van der Waals surface area contributed by atoms with Crippen LogP contribution in [0.15, 0.2) is 48.9 Å². The topological polar surface area (TPSA) is 12.0 Å². The molecule has 1 heteroatoms. The van der Waals surface area contributed by atoms with E-state index in [0.717, 1.165) is 12.1 Å². The molecule has 0 aliphatic carbocycles. The number of unbranched alkanes of at least 4 members (excludes halogenated alkanes) is 1. The molecule has 1 N–H and O–H groups in total. The van der Waals surface area contributed by atoms with E-state index in [9.17, 15) is 0 Å². The standard InChI is InChI=1S/C13H21N/c1-5-8-10-13(9-6-2)11-12(4)14-7-3/h6-7,9,11,14H,3-5,8,10H2,1-2H3/b9-6-,13-11+. The molecule has 0 spiro atoms. The predicted octanol–water partition coefficient (Wildman–Crippen LogP) is 3.93. The van der Waals surface area contributed by atoms with Crippen LogP contribution in [0.4, 0.5) is 0 Å². The van der Waals surface area contributed by atoms with Crippen LogP contribution in [0.1, 0.15) is 33.1 Å². The molecule has 78 valence electrons. The van der Waals surface area contributed by atoms with Crippen LogP contribution in [0.5, 0.6) is 0 Å². The highest BCUT2D eigenvalue weighted by Gasteiger charge is 1.93. The fourth-order valence-corrected chi connectivity index (χ4v) is 1.20. The van der Waals surface area contributed by atoms with Crippen LogP contribution in [0.2, 0.25) is 0 Å². The van der Waals surface area contributed by atoms with Crippen molar-refractivity contribution in [3.05, 3.63) is 48.9 Å². The summed E-state index contributed by atoms with van der Waals surface area (Å²) in [6, 6.07) is 0. The highest BCUT2D eigenvalue weighted by atomic mass is 14.8. The second kappa shape index (κ2) is 8.36. The molecular weight excluding hydrogens is 170 g/mol. The van der Waals surface area contributed by atoms with Crippen LogP contribution in [0, 0.1) is 0 Å². The molecule has 0 bridgehead atoms. The molecule has 0 fully saturated rings. The van der Waals surface area contributed by atoms with Gasteiger partial charge in [0.1, 0.15) is 0 Å². The molecule has 0 saturated carbocycles. The van der Waals surface area contributed by atoms with Gasteiger partial charge in [0, 0.05) is 5.70 Å². The monoisotopic (exact) mass is 191 g/mol. The molecule has 0 aliphatic heterocycles. The van der Waals surface area contributed by atoms with Crippen molar-refractivity contribution < 1.29 is 0 Å². The Bertz CT molecular complexity index is 234. The van der Waals surface area contributed by atoms with E-state index in [1.54, 1.807) is 6.20 Å². The van der Waals surface area contributed by atoms with Crippen molar-refractivity contribution in [3.8, 4) is 0 Å². The number of nitrogens with one attached hydrogen (secondary N) is 1. The Hall–Kier alpha value is -1.24. The van der Waals surface area contributed by atoms with Gasteiger partial charge in [-0.25, -0.2) is 0 Å². The zero-order valence-electron chi connectivity index (χ0n) is 9.34. The summed E-state index contributed by atoms with van der Waals surface area (Å²) >= 11 is 0. The summed E-state index contributed by atoms with van der Waals surface area (Å²) in [6.07, 6.45) is 11.4. The van der Waals surface area contributed by atoms with E-state index >= 15 is 0 Å². The van der Waals surface area contributed by atoms with Gasteiger partial charge in [-0.3, -0.25) is 0 Å². The van der Waals surface area contributed by atoms with Crippen molar-refractivity contribution >= 4 is 0 Å². The molecule has 0 aliphatic rings. The van der Waals surface area contributed by atoms with E-state index in [2.05, 4.69) is 43.6 Å². The molecule has 0 radical (unpaired) electrons. The SMILES string of the molecule is C=CNC(=C)/C=C(\C=C/C)CCCC. The molecule has 0 saturated heterocycles. The minimum Gasteiger partial charge on any atom is -0.363 e. The van der Waals surface area contributed by atoms with Gasteiger partial charge in [-0.05, 0) is 37.6 Å². The molecule has 0 unspecified atom stereocenters. The number of allylic oxidation sites excluding steroid dienone is 4. The first-order valence-electron chi connectivity index (χ1n) is 5.14. The van der Waals surface area contributed by atoms with E-state index in [1.165, 1.54) is 18.4 Å². The third-order valence-electron chi connectivity index (χ3n) is 1.85. The number of hydrogen-bond acceptors (Lipinski definition) is 1. The largest absolute Gasteiger partial charge is 0.363 e. The summed E-state index contributed by atoms with van der Waals surface area (Å²) in [5, 5.41) is 2.97. The van der Waals surface area contributed by atoms with E-state index in [1.807, 2.05) is 6.92 Å². The molecule has 0 aromatic rings. The van der Waals surface area contributed by atoms with E-state index < -0.39 is 0 Å². The Morgan fingerprint density at radius 3 is 2.64 bits per heavy atom. The van der Waals surface area contributed by atoms with E-state index in [-0.39, 0.29) is 0 Å². The maximum absolute atomic E-state index is 3.88. The predicted molar refractivity (Wildman–Crippen MR) is 64.9 cm³/mol. The minimum atomic E-state index is 0.893. The number of rotatable bonds is 7. The Labute approximate surface area is 87.9 Å². The highest BCUT2D eigenvalue weighted by molar-refractivity contribution is 5.28. The molecule has 0 amide bonds. The molecule has 0 aromatic carbocycles. The highest BCUT2D eigenvalue weighted by Crippen LogP contribution is 2.10. The van der Waals surface area contributed by atoms with Crippen molar-refractivity contribution in [2.24, 2.45) is 0 Å². The smallest absolute Gasteiger partial charge is 0.0309 e. The van der Waals surface area contributed by atoms with Gasteiger partial charge in [0.05, 0.1) is 0 Å². The molecule has 1 nitrogen and oxygen atoms in total. The number of hydrogen-bond donors (Lipinski definition) is 1. The lowest BCUT2D eigenvalue weighted by Gasteiger charge is -2.03. The Balaban J connectivity index is 4.30. The summed E-state index contributed by atoms with van der Waals surface area (Å²) < 4.78 is 0. The van der Waals surface area contributed by atoms with Gasteiger partial charge in [-0.15, -0.1) is 0 Å². The zero-order chi connectivity index (χ0) is 10.8. The molecule has 0 aromatic heterocycles. The van der Waals surface area contributed by atoms with Gasteiger partial charge in [-0.1, -0.05) is 38.7 Å². The van der Waals surface area contributed by atoms with Crippen LogP contribution in [0.3, 0.4) is 0 Å². The summed E-state index contributed by atoms with van der Waals surface area (Å²) in [7, 11) is 0. The van der Waals surface area contributed by atoms with Crippen LogP contribution < -0.4 is 5.32 Å². The maximum atomic E-state index is 3.88. The van der Waals surface area contributed by atoms with Crippen molar-refractivity contribution in [1.29, 1.82) is 0 Å². The van der Waals surface area contributed by atoms with Crippen LogP contribution in [0.25, 0.3) is 0 Å². The summed E-state index contributed by atoms with van der Waals surface area (Å²) in [4.78, 5) is 0. The lowest BCUT2D eigenvalue weighted by molar-refractivity contribution is 0.796. The van der Waals surface area contributed by atoms with E-state index in [4.69, 9.17) is 0 Å². The maximum Gasteiger partial charge on any atom is 0.0309 e. The summed E-state index contributed by atoms with van der Waals surface area (Å²) in [6.45, 7) is 11.7. The third kappa shape index (κ3) is 6.30. The Kier molecular flexibility index (Phi) is 7.62. The molecular formula is C13H21N. The van der Waals surface area contributed by atoms with Crippen molar-refractivity contribution in [2.75, 3.05) is 0 Å². The van der Waals surface area contributed by atoms with Crippen molar-refractivity contribution in [3.63, 3.8) is 0 Å². The van der Waals surface area contributed by atoms with Gasteiger partial charge in [0.15, 0.2) is 0 Å². The molecule has 0 heterocycles. The lowest BCUT2D eigenvalue weighted by Crippen LogP contribution is -2.00. The normalized spacial score (nSPS) is 11.7. The van der Waals surface area contributed by atoms with Gasteiger partial charge in [0.2, 0.25) is 0 Å². The fraction of sp³-hybridized carbons (Fsp3) is 0.385. The summed E-state index contributed by atoms with van der Waals surface area (Å²) in [5.41, 5.74) is 2.21.